The van der Waals surface area contributed by atoms with Crippen molar-refractivity contribution in [1.29, 1.82) is 0 Å². The highest BCUT2D eigenvalue weighted by Crippen LogP contribution is 2.35. The van der Waals surface area contributed by atoms with Gasteiger partial charge in [0.1, 0.15) is 5.65 Å². The van der Waals surface area contributed by atoms with Gasteiger partial charge in [-0.15, -0.1) is 0 Å². The van der Waals surface area contributed by atoms with Crippen molar-refractivity contribution >= 4 is 27.0 Å². The van der Waals surface area contributed by atoms with Crippen LogP contribution in [0.5, 0.6) is 0 Å². The first-order chi connectivity index (χ1) is 6.79. The summed E-state index contributed by atoms with van der Waals surface area (Å²) < 4.78 is 3.42. The first kappa shape index (κ1) is 8.48. The molecular formula is C11H11BrN2. The van der Waals surface area contributed by atoms with Crippen LogP contribution in [0.2, 0.25) is 0 Å². The van der Waals surface area contributed by atoms with Crippen molar-refractivity contribution in [3.63, 3.8) is 0 Å². The maximum Gasteiger partial charge on any atom is 0.141 e. The molecule has 0 N–H and O–H groups in total. The molecule has 2 nitrogen and oxygen atoms in total. The number of rotatable bonds is 0. The molecule has 1 aliphatic carbocycles. The molecule has 14 heavy (non-hydrogen) atoms. The van der Waals surface area contributed by atoms with Gasteiger partial charge in [-0.2, -0.15) is 0 Å². The zero-order valence-corrected chi connectivity index (χ0v) is 9.63. The Hall–Kier alpha value is -0.830. The van der Waals surface area contributed by atoms with Gasteiger partial charge in [-0.1, -0.05) is 0 Å². The molecule has 2 aromatic rings. The van der Waals surface area contributed by atoms with Gasteiger partial charge in [-0.25, -0.2) is 4.98 Å². The van der Waals surface area contributed by atoms with Gasteiger partial charge in [0.05, 0.1) is 0 Å². The predicted molar refractivity (Wildman–Crippen MR) is 60.4 cm³/mol. The highest BCUT2D eigenvalue weighted by atomic mass is 79.9. The Morgan fingerprint density at radius 1 is 1.43 bits per heavy atom. The average molecular weight is 251 g/mol. The summed E-state index contributed by atoms with van der Waals surface area (Å²) in [6.45, 7) is 0. The van der Waals surface area contributed by atoms with Gasteiger partial charge in [-0.3, -0.25) is 0 Å². The lowest BCUT2D eigenvalue weighted by Gasteiger charge is -1.99. The first-order valence-corrected chi connectivity index (χ1v) is 5.69. The molecule has 0 unspecified atom stereocenters. The molecule has 0 fully saturated rings. The van der Waals surface area contributed by atoms with Gasteiger partial charge >= 0.3 is 0 Å². The van der Waals surface area contributed by atoms with E-state index in [0.29, 0.717) is 0 Å². The van der Waals surface area contributed by atoms with E-state index in [9.17, 15) is 0 Å². The molecule has 0 saturated heterocycles. The number of hydrogen-bond acceptors (Lipinski definition) is 1. The van der Waals surface area contributed by atoms with Crippen LogP contribution in [0.1, 0.15) is 17.7 Å². The van der Waals surface area contributed by atoms with Gasteiger partial charge in [0.15, 0.2) is 0 Å². The normalized spacial score (nSPS) is 15.0. The Labute approximate surface area is 91.1 Å². The van der Waals surface area contributed by atoms with Crippen molar-refractivity contribution in [2.45, 2.75) is 19.3 Å². The van der Waals surface area contributed by atoms with E-state index in [2.05, 4.69) is 32.5 Å². The molecule has 72 valence electrons. The van der Waals surface area contributed by atoms with Crippen molar-refractivity contribution in [2.75, 3.05) is 0 Å². The molecule has 0 aliphatic heterocycles. The number of aryl methyl sites for hydroxylation is 2. The second-order valence-electron chi connectivity index (χ2n) is 3.83. The van der Waals surface area contributed by atoms with E-state index in [1.54, 1.807) is 0 Å². The number of pyridine rings is 1. The first-order valence-electron chi connectivity index (χ1n) is 4.89. The zero-order chi connectivity index (χ0) is 9.71. The van der Waals surface area contributed by atoms with Crippen LogP contribution < -0.4 is 0 Å². The van der Waals surface area contributed by atoms with Crippen molar-refractivity contribution in [1.82, 2.24) is 9.55 Å². The van der Waals surface area contributed by atoms with Crippen LogP contribution in [0.15, 0.2) is 16.7 Å². The number of nitrogens with zero attached hydrogens (tertiary/aromatic N) is 2. The third-order valence-electron chi connectivity index (χ3n) is 3.09. The maximum atomic E-state index is 4.44. The lowest BCUT2D eigenvalue weighted by atomic mass is 10.2. The van der Waals surface area contributed by atoms with Gasteiger partial charge < -0.3 is 4.57 Å². The lowest BCUT2D eigenvalue weighted by molar-refractivity contribution is 0.824. The highest BCUT2D eigenvalue weighted by molar-refractivity contribution is 9.10. The third-order valence-corrected chi connectivity index (χ3v) is 3.75. The largest absolute Gasteiger partial charge is 0.332 e. The minimum absolute atomic E-state index is 1.11. The summed E-state index contributed by atoms with van der Waals surface area (Å²) in [7, 11) is 2.12. The second kappa shape index (κ2) is 2.83. The van der Waals surface area contributed by atoms with E-state index >= 15 is 0 Å². The van der Waals surface area contributed by atoms with Crippen molar-refractivity contribution < 1.29 is 0 Å². The molecule has 1 aliphatic rings. The van der Waals surface area contributed by atoms with Crippen LogP contribution in [0.3, 0.4) is 0 Å². The molecule has 2 aromatic heterocycles. The Morgan fingerprint density at radius 2 is 2.29 bits per heavy atom. The van der Waals surface area contributed by atoms with Crippen molar-refractivity contribution in [3.05, 3.63) is 28.0 Å². The number of aromatic nitrogens is 2. The van der Waals surface area contributed by atoms with Gasteiger partial charge in [0.25, 0.3) is 0 Å². The molecule has 0 amide bonds. The summed E-state index contributed by atoms with van der Waals surface area (Å²) >= 11 is 3.61. The van der Waals surface area contributed by atoms with Gasteiger partial charge in [-0.05, 0) is 46.8 Å². The summed E-state index contributed by atoms with van der Waals surface area (Å²) in [5.41, 5.74) is 4.09. The Morgan fingerprint density at radius 3 is 3.14 bits per heavy atom. The molecule has 3 heteroatoms. The van der Waals surface area contributed by atoms with Crippen LogP contribution in [0.4, 0.5) is 0 Å². The van der Waals surface area contributed by atoms with E-state index in [-0.39, 0.29) is 0 Å². The summed E-state index contributed by atoms with van der Waals surface area (Å²) in [6, 6.07) is 2.03. The van der Waals surface area contributed by atoms with Crippen LogP contribution in [0, 0.1) is 0 Å². The molecule has 0 spiro atoms. The monoisotopic (exact) mass is 250 g/mol. The summed E-state index contributed by atoms with van der Waals surface area (Å²) in [5.74, 6) is 0. The highest BCUT2D eigenvalue weighted by Gasteiger charge is 2.21. The molecule has 3 rings (SSSR count). The molecule has 0 saturated carbocycles. The summed E-state index contributed by atoms with van der Waals surface area (Å²) in [4.78, 5) is 4.44. The average Bonchev–Trinajstić information content (AvgIpc) is 2.72. The Bertz CT molecular complexity index is 513. The van der Waals surface area contributed by atoms with E-state index < -0.39 is 0 Å². The fourth-order valence-corrected chi connectivity index (χ4v) is 2.99. The predicted octanol–water partition coefficient (Wildman–Crippen LogP) is 2.82. The summed E-state index contributed by atoms with van der Waals surface area (Å²) in [6.07, 6.45) is 5.56. The molecule has 0 atom stereocenters. The molecular weight excluding hydrogens is 240 g/mol. The standard InChI is InChI=1S/C11H11BrN2/c1-14-9-4-2-3-7(9)10-8(12)5-6-13-11(10)14/h5-6H,2-4H2,1H3. The third kappa shape index (κ3) is 0.934. The van der Waals surface area contributed by atoms with Crippen LogP contribution in [0.25, 0.3) is 11.0 Å². The SMILES string of the molecule is Cn1c2c(c3c(Br)ccnc31)CCC2. The van der Waals surface area contributed by atoms with Crippen LogP contribution in [-0.2, 0) is 19.9 Å². The zero-order valence-electron chi connectivity index (χ0n) is 8.05. The molecule has 0 radical (unpaired) electrons. The van der Waals surface area contributed by atoms with Crippen LogP contribution in [-0.4, -0.2) is 9.55 Å². The fourth-order valence-electron chi connectivity index (χ4n) is 2.46. The smallest absolute Gasteiger partial charge is 0.141 e. The van der Waals surface area contributed by atoms with Gasteiger partial charge in [0.2, 0.25) is 0 Å². The van der Waals surface area contributed by atoms with Crippen molar-refractivity contribution in [2.24, 2.45) is 7.05 Å². The maximum absolute atomic E-state index is 4.44. The number of fused-ring (bicyclic) bond motifs is 3. The lowest BCUT2D eigenvalue weighted by Crippen LogP contribution is -1.94. The minimum atomic E-state index is 1.11. The Balaban J connectivity index is 2.52. The topological polar surface area (TPSA) is 17.8 Å². The quantitative estimate of drug-likeness (QED) is 0.704. The molecule has 0 aromatic carbocycles. The summed E-state index contributed by atoms with van der Waals surface area (Å²) in [5, 5.41) is 1.32. The minimum Gasteiger partial charge on any atom is -0.332 e. The van der Waals surface area contributed by atoms with Crippen molar-refractivity contribution in [3.8, 4) is 0 Å². The number of hydrogen-bond donors (Lipinski definition) is 0. The number of halogens is 1. The fraction of sp³-hybridized carbons (Fsp3) is 0.364. The molecule has 2 heterocycles. The Kier molecular flexibility index (Phi) is 1.71. The second-order valence-corrected chi connectivity index (χ2v) is 4.68. The van der Waals surface area contributed by atoms with E-state index in [0.717, 1.165) is 5.65 Å². The van der Waals surface area contributed by atoms with E-state index in [1.165, 1.54) is 40.4 Å². The molecule has 0 bridgehead atoms. The van der Waals surface area contributed by atoms with Crippen LogP contribution >= 0.6 is 15.9 Å². The van der Waals surface area contributed by atoms with E-state index in [4.69, 9.17) is 0 Å². The van der Waals surface area contributed by atoms with E-state index in [1.807, 2.05) is 12.3 Å². The van der Waals surface area contributed by atoms with Gasteiger partial charge in [0, 0.05) is 28.8 Å².